The summed E-state index contributed by atoms with van der Waals surface area (Å²) >= 11 is 0. The van der Waals surface area contributed by atoms with Gasteiger partial charge in [-0.05, 0) is 12.8 Å². The lowest BCUT2D eigenvalue weighted by Crippen LogP contribution is -2.36. The molecule has 1 rings (SSSR count). The molecule has 0 amide bonds. The summed E-state index contributed by atoms with van der Waals surface area (Å²) in [6.07, 6.45) is 3.57. The van der Waals surface area contributed by atoms with Gasteiger partial charge in [0.2, 0.25) is 0 Å². The molecule has 4 nitrogen and oxygen atoms in total. The van der Waals surface area contributed by atoms with Crippen molar-refractivity contribution >= 4 is 5.71 Å². The first-order valence-corrected chi connectivity index (χ1v) is 5.09. The third kappa shape index (κ3) is 1.90. The largest absolute Gasteiger partial charge is 0.466 e. The molecule has 1 aliphatic heterocycles. The molecule has 4 N–H and O–H groups in total. The van der Waals surface area contributed by atoms with E-state index in [1.165, 1.54) is 0 Å². The molecular weight excluding hydrogens is 178 g/mol. The van der Waals surface area contributed by atoms with Crippen molar-refractivity contribution in [2.75, 3.05) is 13.1 Å². The Morgan fingerprint density at radius 2 is 2.07 bits per heavy atom. The third-order valence-corrected chi connectivity index (χ3v) is 2.61. The summed E-state index contributed by atoms with van der Waals surface area (Å²) < 4.78 is 5.62. The Balaban J connectivity index is 2.87. The Bertz CT molecular complexity index is 254. The number of nitrogens with zero attached hydrogens (tertiary/aromatic N) is 1. The monoisotopic (exact) mass is 197 g/mol. The summed E-state index contributed by atoms with van der Waals surface area (Å²) in [5, 5.41) is 0. The summed E-state index contributed by atoms with van der Waals surface area (Å²) in [4.78, 5) is 4.40. The highest BCUT2D eigenvalue weighted by molar-refractivity contribution is 6.03. The Kier molecular flexibility index (Phi) is 3.52. The SMILES string of the molecule is CCC1(CC)OC(N)=CC1=NCCN. The van der Waals surface area contributed by atoms with Crippen molar-refractivity contribution in [1.29, 1.82) is 0 Å². The fourth-order valence-electron chi connectivity index (χ4n) is 1.70. The van der Waals surface area contributed by atoms with E-state index in [1.54, 1.807) is 0 Å². The van der Waals surface area contributed by atoms with Crippen LogP contribution in [0.4, 0.5) is 0 Å². The topological polar surface area (TPSA) is 73.6 Å². The van der Waals surface area contributed by atoms with E-state index in [0.717, 1.165) is 18.6 Å². The van der Waals surface area contributed by atoms with Gasteiger partial charge >= 0.3 is 0 Å². The van der Waals surface area contributed by atoms with Gasteiger partial charge in [-0.15, -0.1) is 0 Å². The molecule has 0 saturated carbocycles. The molecule has 0 bridgehead atoms. The summed E-state index contributed by atoms with van der Waals surface area (Å²) in [6.45, 7) is 5.34. The molecule has 0 aliphatic carbocycles. The van der Waals surface area contributed by atoms with Crippen LogP contribution in [0.3, 0.4) is 0 Å². The van der Waals surface area contributed by atoms with Crippen molar-refractivity contribution in [2.45, 2.75) is 32.3 Å². The molecule has 1 aliphatic rings. The number of ether oxygens (including phenoxy) is 1. The minimum absolute atomic E-state index is 0.306. The van der Waals surface area contributed by atoms with Crippen LogP contribution in [0.15, 0.2) is 17.0 Å². The molecule has 0 unspecified atom stereocenters. The molecule has 0 aromatic rings. The number of hydrogen-bond acceptors (Lipinski definition) is 4. The summed E-state index contributed by atoms with van der Waals surface area (Å²) in [5.41, 5.74) is 11.7. The fourth-order valence-corrected chi connectivity index (χ4v) is 1.70. The smallest absolute Gasteiger partial charge is 0.187 e. The number of nitrogens with two attached hydrogens (primary N) is 2. The maximum Gasteiger partial charge on any atom is 0.187 e. The third-order valence-electron chi connectivity index (χ3n) is 2.61. The Morgan fingerprint density at radius 3 is 2.57 bits per heavy atom. The molecule has 0 aromatic heterocycles. The van der Waals surface area contributed by atoms with E-state index in [4.69, 9.17) is 16.2 Å². The second-order valence-corrected chi connectivity index (χ2v) is 3.41. The minimum atomic E-state index is -0.306. The molecule has 0 saturated heterocycles. The Hall–Kier alpha value is -1.03. The van der Waals surface area contributed by atoms with Crippen LogP contribution in [0.25, 0.3) is 0 Å². The van der Waals surface area contributed by atoms with Crippen LogP contribution in [0.5, 0.6) is 0 Å². The van der Waals surface area contributed by atoms with Gasteiger partial charge in [-0.1, -0.05) is 13.8 Å². The quantitative estimate of drug-likeness (QED) is 0.699. The molecule has 4 heteroatoms. The average molecular weight is 197 g/mol. The molecule has 0 aromatic carbocycles. The average Bonchev–Trinajstić information content (AvgIpc) is 2.52. The molecule has 0 atom stereocenters. The summed E-state index contributed by atoms with van der Waals surface area (Å²) in [7, 11) is 0. The maximum atomic E-state index is 5.65. The zero-order valence-corrected chi connectivity index (χ0v) is 8.92. The first-order chi connectivity index (χ1) is 6.68. The lowest BCUT2D eigenvalue weighted by molar-refractivity contribution is 0.0666. The number of aliphatic imine (C=N–C) groups is 1. The summed E-state index contributed by atoms with van der Waals surface area (Å²) in [6, 6.07) is 0. The second-order valence-electron chi connectivity index (χ2n) is 3.41. The van der Waals surface area contributed by atoms with Crippen molar-refractivity contribution in [3.05, 3.63) is 12.0 Å². The zero-order valence-electron chi connectivity index (χ0n) is 8.92. The van der Waals surface area contributed by atoms with Gasteiger partial charge in [0, 0.05) is 12.6 Å². The molecule has 0 fully saturated rings. The van der Waals surface area contributed by atoms with Gasteiger partial charge in [-0.2, -0.15) is 0 Å². The minimum Gasteiger partial charge on any atom is -0.466 e. The normalized spacial score (nSPS) is 22.2. The van der Waals surface area contributed by atoms with Crippen LogP contribution in [0, 0.1) is 0 Å². The van der Waals surface area contributed by atoms with E-state index in [2.05, 4.69) is 18.8 Å². The van der Waals surface area contributed by atoms with Crippen LogP contribution in [0.1, 0.15) is 26.7 Å². The van der Waals surface area contributed by atoms with Crippen LogP contribution in [0.2, 0.25) is 0 Å². The fraction of sp³-hybridized carbons (Fsp3) is 0.700. The highest BCUT2D eigenvalue weighted by Crippen LogP contribution is 2.30. The van der Waals surface area contributed by atoms with E-state index in [9.17, 15) is 0 Å². The lowest BCUT2D eigenvalue weighted by atomic mass is 9.92. The van der Waals surface area contributed by atoms with Gasteiger partial charge < -0.3 is 16.2 Å². The molecular formula is C10H19N3O. The second kappa shape index (κ2) is 4.46. The van der Waals surface area contributed by atoms with Gasteiger partial charge in [0.25, 0.3) is 0 Å². The standard InChI is InChI=1S/C10H19N3O/c1-3-10(4-2)8(13-6-5-11)7-9(12)14-10/h7H,3-6,11-12H2,1-2H3. The molecule has 1 heterocycles. The van der Waals surface area contributed by atoms with Crippen LogP contribution in [-0.4, -0.2) is 24.4 Å². The van der Waals surface area contributed by atoms with Crippen LogP contribution < -0.4 is 11.5 Å². The van der Waals surface area contributed by atoms with Gasteiger partial charge in [-0.25, -0.2) is 0 Å². The number of hydrogen-bond donors (Lipinski definition) is 2. The van der Waals surface area contributed by atoms with Gasteiger partial charge in [0.1, 0.15) is 0 Å². The van der Waals surface area contributed by atoms with E-state index in [1.807, 2.05) is 6.08 Å². The van der Waals surface area contributed by atoms with Crippen LogP contribution >= 0.6 is 0 Å². The highest BCUT2D eigenvalue weighted by Gasteiger charge is 2.38. The first kappa shape index (κ1) is 11.0. The van der Waals surface area contributed by atoms with Gasteiger partial charge in [0.15, 0.2) is 11.5 Å². The number of rotatable bonds is 4. The zero-order chi connectivity index (χ0) is 10.6. The van der Waals surface area contributed by atoms with E-state index >= 15 is 0 Å². The van der Waals surface area contributed by atoms with E-state index in [0.29, 0.717) is 19.0 Å². The lowest BCUT2D eigenvalue weighted by Gasteiger charge is -2.27. The van der Waals surface area contributed by atoms with E-state index < -0.39 is 0 Å². The van der Waals surface area contributed by atoms with E-state index in [-0.39, 0.29) is 5.60 Å². The van der Waals surface area contributed by atoms with Crippen molar-refractivity contribution < 1.29 is 4.74 Å². The highest BCUT2D eigenvalue weighted by atomic mass is 16.5. The Labute approximate surface area is 85.0 Å². The van der Waals surface area contributed by atoms with Crippen molar-refractivity contribution in [3.63, 3.8) is 0 Å². The van der Waals surface area contributed by atoms with Gasteiger partial charge in [0.05, 0.1) is 12.3 Å². The Morgan fingerprint density at radius 1 is 1.43 bits per heavy atom. The molecule has 80 valence electrons. The summed E-state index contributed by atoms with van der Waals surface area (Å²) in [5.74, 6) is 0.462. The van der Waals surface area contributed by atoms with Gasteiger partial charge in [-0.3, -0.25) is 4.99 Å². The van der Waals surface area contributed by atoms with Crippen LogP contribution in [-0.2, 0) is 4.74 Å². The maximum absolute atomic E-state index is 5.65. The molecule has 14 heavy (non-hydrogen) atoms. The predicted molar refractivity (Wildman–Crippen MR) is 58.0 cm³/mol. The first-order valence-electron chi connectivity index (χ1n) is 5.09. The molecule has 0 radical (unpaired) electrons. The molecule has 0 spiro atoms. The van der Waals surface area contributed by atoms with Crippen molar-refractivity contribution in [3.8, 4) is 0 Å². The predicted octanol–water partition coefficient (Wildman–Crippen LogP) is 0.775. The van der Waals surface area contributed by atoms with Crippen molar-refractivity contribution in [1.82, 2.24) is 0 Å². The van der Waals surface area contributed by atoms with Crippen molar-refractivity contribution in [2.24, 2.45) is 16.5 Å².